The lowest BCUT2D eigenvalue weighted by atomic mass is 9.96. The summed E-state index contributed by atoms with van der Waals surface area (Å²) in [6, 6.07) is 14.6. The first-order chi connectivity index (χ1) is 13.8. The number of hydrogen-bond donors (Lipinski definition) is 1. The number of benzene rings is 2. The first-order valence-corrected chi connectivity index (χ1v) is 10.5. The average molecular weight is 391 g/mol. The molecule has 7 heteroatoms. The summed E-state index contributed by atoms with van der Waals surface area (Å²) in [5.74, 6) is 0.501. The monoisotopic (exact) mass is 390 g/mol. The Kier molecular flexibility index (Phi) is 4.59. The maximum absolute atomic E-state index is 9.16. The van der Waals surface area contributed by atoms with Crippen LogP contribution in [0.2, 0.25) is 0 Å². The second-order valence-electron chi connectivity index (χ2n) is 7.55. The van der Waals surface area contributed by atoms with Gasteiger partial charge in [0.25, 0.3) is 0 Å². The molecular formula is C21H22N6S. The Morgan fingerprint density at radius 3 is 2.79 bits per heavy atom. The standard InChI is InChI=1S/C21H22N6S/c22-13-15-1-3-19-18(11-15)16(14-23-19)5-6-26-7-9-27(10-8-26)17-2-4-20-21(12-17)25-28-24-20/h1-4,11-12,16,23H,5-10,14H2. The van der Waals surface area contributed by atoms with Gasteiger partial charge in [0.15, 0.2) is 0 Å². The topological polar surface area (TPSA) is 68.1 Å². The molecule has 5 rings (SSSR count). The second-order valence-corrected chi connectivity index (χ2v) is 8.07. The summed E-state index contributed by atoms with van der Waals surface area (Å²) >= 11 is 1.27. The highest BCUT2D eigenvalue weighted by molar-refractivity contribution is 7.00. The molecule has 2 aliphatic rings. The van der Waals surface area contributed by atoms with E-state index in [4.69, 9.17) is 5.26 Å². The minimum absolute atomic E-state index is 0.501. The van der Waals surface area contributed by atoms with Crippen molar-refractivity contribution in [1.82, 2.24) is 13.6 Å². The summed E-state index contributed by atoms with van der Waals surface area (Å²) in [5, 5.41) is 12.6. The molecule has 3 heterocycles. The van der Waals surface area contributed by atoms with Crippen LogP contribution in [0.3, 0.4) is 0 Å². The van der Waals surface area contributed by atoms with E-state index in [1.807, 2.05) is 12.1 Å². The Bertz CT molecular complexity index is 1030. The van der Waals surface area contributed by atoms with Crippen molar-refractivity contribution in [2.75, 3.05) is 49.5 Å². The number of piperazine rings is 1. The Hall–Kier alpha value is -2.69. The van der Waals surface area contributed by atoms with Crippen LogP contribution < -0.4 is 10.2 Å². The quantitative estimate of drug-likeness (QED) is 0.737. The van der Waals surface area contributed by atoms with Crippen molar-refractivity contribution in [1.29, 1.82) is 5.26 Å². The molecule has 1 fully saturated rings. The van der Waals surface area contributed by atoms with Crippen LogP contribution in [0.15, 0.2) is 36.4 Å². The van der Waals surface area contributed by atoms with Crippen molar-refractivity contribution in [2.24, 2.45) is 0 Å². The van der Waals surface area contributed by atoms with Gasteiger partial charge in [-0.3, -0.25) is 4.90 Å². The number of nitrogens with one attached hydrogen (secondary N) is 1. The second kappa shape index (κ2) is 7.38. The van der Waals surface area contributed by atoms with E-state index in [1.54, 1.807) is 0 Å². The Morgan fingerprint density at radius 1 is 1.07 bits per heavy atom. The maximum Gasteiger partial charge on any atom is 0.106 e. The summed E-state index contributed by atoms with van der Waals surface area (Å²) in [4.78, 5) is 5.01. The van der Waals surface area contributed by atoms with Crippen LogP contribution in [0.4, 0.5) is 11.4 Å². The lowest BCUT2D eigenvalue weighted by Crippen LogP contribution is -2.46. The molecule has 1 aromatic heterocycles. The van der Waals surface area contributed by atoms with E-state index >= 15 is 0 Å². The number of anilines is 2. The summed E-state index contributed by atoms with van der Waals surface area (Å²) in [6.45, 7) is 6.33. The summed E-state index contributed by atoms with van der Waals surface area (Å²) in [6.07, 6.45) is 1.13. The number of nitrogens with zero attached hydrogens (tertiary/aromatic N) is 5. The van der Waals surface area contributed by atoms with Crippen LogP contribution >= 0.6 is 11.7 Å². The zero-order valence-corrected chi connectivity index (χ0v) is 16.5. The van der Waals surface area contributed by atoms with E-state index in [0.717, 1.165) is 62.3 Å². The number of nitriles is 1. The van der Waals surface area contributed by atoms with Crippen LogP contribution in [0.5, 0.6) is 0 Å². The van der Waals surface area contributed by atoms with Crippen LogP contribution in [-0.2, 0) is 0 Å². The van der Waals surface area contributed by atoms with Gasteiger partial charge in [0.2, 0.25) is 0 Å². The fourth-order valence-electron chi connectivity index (χ4n) is 4.27. The Morgan fingerprint density at radius 2 is 1.93 bits per heavy atom. The fraction of sp³-hybridized carbons (Fsp3) is 0.381. The van der Waals surface area contributed by atoms with Gasteiger partial charge < -0.3 is 10.2 Å². The Balaban J connectivity index is 1.17. The van der Waals surface area contributed by atoms with E-state index < -0.39 is 0 Å². The third kappa shape index (κ3) is 3.30. The van der Waals surface area contributed by atoms with Crippen molar-refractivity contribution < 1.29 is 0 Å². The van der Waals surface area contributed by atoms with Crippen LogP contribution in [0.1, 0.15) is 23.5 Å². The van der Waals surface area contributed by atoms with Gasteiger partial charge in [0, 0.05) is 50.0 Å². The predicted molar refractivity (Wildman–Crippen MR) is 113 cm³/mol. The van der Waals surface area contributed by atoms with Crippen LogP contribution in [-0.4, -0.2) is 52.9 Å². The molecule has 0 bridgehead atoms. The molecule has 3 aromatic rings. The van der Waals surface area contributed by atoms with Crippen molar-refractivity contribution in [3.63, 3.8) is 0 Å². The Labute approximate surface area is 168 Å². The van der Waals surface area contributed by atoms with E-state index in [0.29, 0.717) is 5.92 Å². The molecule has 1 N–H and O–H groups in total. The number of fused-ring (bicyclic) bond motifs is 2. The van der Waals surface area contributed by atoms with Crippen molar-refractivity contribution in [3.8, 4) is 6.07 Å². The SMILES string of the molecule is N#Cc1ccc2c(c1)C(CCN1CCN(c3ccc4nsnc4c3)CC1)CN2. The highest BCUT2D eigenvalue weighted by atomic mass is 32.1. The third-order valence-electron chi connectivity index (χ3n) is 5.93. The van der Waals surface area contributed by atoms with Crippen LogP contribution in [0.25, 0.3) is 11.0 Å². The minimum Gasteiger partial charge on any atom is -0.384 e. The highest BCUT2D eigenvalue weighted by Crippen LogP contribution is 2.34. The van der Waals surface area contributed by atoms with E-state index in [2.05, 4.69) is 54.2 Å². The first-order valence-electron chi connectivity index (χ1n) is 9.78. The van der Waals surface area contributed by atoms with Gasteiger partial charge in [0.1, 0.15) is 11.0 Å². The zero-order valence-electron chi connectivity index (χ0n) is 15.6. The van der Waals surface area contributed by atoms with E-state index in [9.17, 15) is 0 Å². The van der Waals surface area contributed by atoms with Crippen LogP contribution in [0, 0.1) is 11.3 Å². The first kappa shape index (κ1) is 17.4. The molecule has 1 saturated heterocycles. The van der Waals surface area contributed by atoms with Crippen molar-refractivity contribution in [3.05, 3.63) is 47.5 Å². The molecule has 6 nitrogen and oxygen atoms in total. The van der Waals surface area contributed by atoms with Gasteiger partial charge in [-0.25, -0.2) is 0 Å². The van der Waals surface area contributed by atoms with Gasteiger partial charge in [-0.05, 0) is 54.9 Å². The molecule has 142 valence electrons. The molecule has 1 unspecified atom stereocenters. The molecule has 0 saturated carbocycles. The van der Waals surface area contributed by atoms with E-state index in [1.165, 1.54) is 28.7 Å². The normalized spacial score (nSPS) is 19.4. The third-order valence-corrected chi connectivity index (χ3v) is 6.48. The van der Waals surface area contributed by atoms with Gasteiger partial charge >= 0.3 is 0 Å². The minimum atomic E-state index is 0.501. The molecular weight excluding hydrogens is 368 g/mol. The fourth-order valence-corrected chi connectivity index (χ4v) is 4.78. The lowest BCUT2D eigenvalue weighted by molar-refractivity contribution is 0.250. The molecule has 0 radical (unpaired) electrons. The number of hydrogen-bond acceptors (Lipinski definition) is 7. The van der Waals surface area contributed by atoms with Gasteiger partial charge in [-0.1, -0.05) is 0 Å². The molecule has 1 atom stereocenters. The number of aromatic nitrogens is 2. The lowest BCUT2D eigenvalue weighted by Gasteiger charge is -2.36. The molecule has 28 heavy (non-hydrogen) atoms. The predicted octanol–water partition coefficient (Wildman–Crippen LogP) is 3.28. The molecule has 0 amide bonds. The zero-order chi connectivity index (χ0) is 18.9. The molecule has 2 aliphatic heterocycles. The highest BCUT2D eigenvalue weighted by Gasteiger charge is 2.24. The molecule has 2 aromatic carbocycles. The van der Waals surface area contributed by atoms with Crippen molar-refractivity contribution >= 4 is 34.1 Å². The van der Waals surface area contributed by atoms with Gasteiger partial charge in [0.05, 0.1) is 23.4 Å². The van der Waals surface area contributed by atoms with Crippen molar-refractivity contribution in [2.45, 2.75) is 12.3 Å². The largest absolute Gasteiger partial charge is 0.384 e. The summed E-state index contributed by atoms with van der Waals surface area (Å²) in [5.41, 5.74) is 6.49. The van der Waals surface area contributed by atoms with E-state index in [-0.39, 0.29) is 0 Å². The molecule has 0 spiro atoms. The maximum atomic E-state index is 9.16. The van der Waals surface area contributed by atoms with Gasteiger partial charge in [-0.2, -0.15) is 14.0 Å². The average Bonchev–Trinajstić information content (AvgIpc) is 3.38. The molecule has 0 aliphatic carbocycles. The summed E-state index contributed by atoms with van der Waals surface area (Å²) in [7, 11) is 0. The van der Waals surface area contributed by atoms with Gasteiger partial charge in [-0.15, -0.1) is 0 Å². The number of rotatable bonds is 4. The smallest absolute Gasteiger partial charge is 0.106 e. The summed E-state index contributed by atoms with van der Waals surface area (Å²) < 4.78 is 8.65.